The number of carbonyl (C=O) groups is 3. The van der Waals surface area contributed by atoms with Crippen LogP contribution in [0.2, 0.25) is 0 Å². The summed E-state index contributed by atoms with van der Waals surface area (Å²) < 4.78 is 5.67. The summed E-state index contributed by atoms with van der Waals surface area (Å²) in [7, 11) is 0. The van der Waals surface area contributed by atoms with Crippen molar-refractivity contribution in [2.45, 2.75) is 44.9 Å². The van der Waals surface area contributed by atoms with E-state index in [0.717, 1.165) is 30.4 Å². The van der Waals surface area contributed by atoms with E-state index >= 15 is 0 Å². The Labute approximate surface area is 205 Å². The summed E-state index contributed by atoms with van der Waals surface area (Å²) in [6.45, 7) is 2.54. The number of carboxylic acid groups (broad SMARTS) is 1. The van der Waals surface area contributed by atoms with Crippen LogP contribution >= 0.6 is 0 Å². The molecule has 1 saturated heterocycles. The van der Waals surface area contributed by atoms with Gasteiger partial charge in [-0.3, -0.25) is 9.59 Å². The number of carbonyl (C=O) groups excluding carboxylic acids is 2. The first kappa shape index (κ1) is 23.4. The van der Waals surface area contributed by atoms with E-state index in [1.807, 2.05) is 24.3 Å². The summed E-state index contributed by atoms with van der Waals surface area (Å²) in [5.41, 5.74) is 3.08. The smallest absolute Gasteiger partial charge is 0.407 e. The molecule has 184 valence electrons. The van der Waals surface area contributed by atoms with Crippen LogP contribution in [0.25, 0.3) is 11.1 Å². The van der Waals surface area contributed by atoms with E-state index < -0.39 is 22.9 Å². The Morgan fingerprint density at radius 1 is 0.971 bits per heavy atom. The van der Waals surface area contributed by atoms with Gasteiger partial charge in [0.15, 0.2) is 0 Å². The highest BCUT2D eigenvalue weighted by molar-refractivity contribution is 5.87. The maximum atomic E-state index is 13.4. The van der Waals surface area contributed by atoms with Crippen LogP contribution in [-0.2, 0) is 14.3 Å². The highest BCUT2D eigenvalue weighted by Gasteiger charge is 2.52. The zero-order valence-corrected chi connectivity index (χ0v) is 20.1. The second-order valence-corrected chi connectivity index (χ2v) is 10.5. The summed E-state index contributed by atoms with van der Waals surface area (Å²) in [5.74, 6) is -0.945. The lowest BCUT2D eigenvalue weighted by atomic mass is 9.71. The van der Waals surface area contributed by atoms with E-state index in [4.69, 9.17) is 4.74 Å². The largest absolute Gasteiger partial charge is 0.481 e. The molecular formula is C28H32N2O5. The molecule has 2 aromatic carbocycles. The minimum atomic E-state index is -0.883. The molecule has 0 atom stereocenters. The number of nitrogens with one attached hydrogen (secondary N) is 1. The first-order chi connectivity index (χ1) is 16.8. The zero-order chi connectivity index (χ0) is 24.6. The normalized spacial score (nSPS) is 19.7. The van der Waals surface area contributed by atoms with E-state index in [2.05, 4.69) is 29.6 Å². The number of benzene rings is 2. The topological polar surface area (TPSA) is 95.9 Å². The molecule has 1 heterocycles. The van der Waals surface area contributed by atoms with Crippen molar-refractivity contribution in [2.24, 2.45) is 10.8 Å². The van der Waals surface area contributed by atoms with Crippen LogP contribution in [0.15, 0.2) is 48.5 Å². The molecule has 1 saturated carbocycles. The van der Waals surface area contributed by atoms with Gasteiger partial charge in [-0.15, -0.1) is 0 Å². The molecule has 2 aliphatic carbocycles. The molecule has 0 unspecified atom stereocenters. The van der Waals surface area contributed by atoms with Gasteiger partial charge < -0.3 is 20.1 Å². The van der Waals surface area contributed by atoms with Crippen molar-refractivity contribution in [1.29, 1.82) is 0 Å². The van der Waals surface area contributed by atoms with Crippen LogP contribution in [0.5, 0.6) is 0 Å². The van der Waals surface area contributed by atoms with E-state index in [9.17, 15) is 19.5 Å². The second-order valence-electron chi connectivity index (χ2n) is 10.5. The average molecular weight is 477 g/mol. The summed E-state index contributed by atoms with van der Waals surface area (Å²) in [5, 5.41) is 12.3. The highest BCUT2D eigenvalue weighted by atomic mass is 16.5. The van der Waals surface area contributed by atoms with Crippen LogP contribution in [0.4, 0.5) is 4.79 Å². The summed E-state index contributed by atoms with van der Waals surface area (Å²) in [4.78, 5) is 39.3. The van der Waals surface area contributed by atoms with Crippen molar-refractivity contribution in [3.05, 3.63) is 59.7 Å². The maximum Gasteiger partial charge on any atom is 0.407 e. The first-order valence-corrected chi connectivity index (χ1v) is 12.4. The molecule has 3 aliphatic rings. The monoisotopic (exact) mass is 476 g/mol. The van der Waals surface area contributed by atoms with Gasteiger partial charge in [0.2, 0.25) is 5.91 Å². The lowest BCUT2D eigenvalue weighted by Gasteiger charge is -2.49. The molecule has 2 N–H and O–H groups in total. The van der Waals surface area contributed by atoms with Gasteiger partial charge >= 0.3 is 12.1 Å². The number of ether oxygens (including phenoxy) is 1. The average Bonchev–Trinajstić information content (AvgIpc) is 3.18. The Morgan fingerprint density at radius 2 is 1.54 bits per heavy atom. The highest BCUT2D eigenvalue weighted by Crippen LogP contribution is 2.45. The minimum Gasteiger partial charge on any atom is -0.481 e. The third-order valence-electron chi connectivity index (χ3n) is 8.06. The number of aliphatic carboxylic acids is 1. The zero-order valence-electron chi connectivity index (χ0n) is 20.1. The fraction of sp³-hybridized carbons (Fsp3) is 0.464. The van der Waals surface area contributed by atoms with Crippen molar-refractivity contribution < 1.29 is 24.2 Å². The van der Waals surface area contributed by atoms with Crippen molar-refractivity contribution in [1.82, 2.24) is 10.2 Å². The number of nitrogens with zero attached hydrogens (tertiary/aromatic N) is 1. The fourth-order valence-corrected chi connectivity index (χ4v) is 6.00. The number of likely N-dealkylation sites (tertiary alicyclic amines) is 1. The number of fused-ring (bicyclic) bond motifs is 3. The van der Waals surface area contributed by atoms with E-state index in [-0.39, 0.29) is 38.1 Å². The minimum absolute atomic E-state index is 0.0202. The molecule has 0 bridgehead atoms. The Bertz CT molecular complexity index is 1100. The lowest BCUT2D eigenvalue weighted by molar-refractivity contribution is -0.169. The van der Waals surface area contributed by atoms with Crippen molar-refractivity contribution in [3.8, 4) is 11.1 Å². The van der Waals surface area contributed by atoms with Gasteiger partial charge in [-0.05, 0) is 42.0 Å². The molecule has 0 aromatic heterocycles. The number of alkyl carbamates (subject to hydrolysis) is 1. The van der Waals surface area contributed by atoms with E-state index in [1.165, 1.54) is 11.1 Å². The van der Waals surface area contributed by atoms with Gasteiger partial charge in [0, 0.05) is 25.6 Å². The molecular weight excluding hydrogens is 444 g/mol. The Hall–Kier alpha value is -3.35. The standard InChI is InChI=1S/C28H32N2O5/c1-27(25(32)33)17-30(18-27)24(31)28(13-7-2-8-14-28)16-29-26(34)35-15-23-21-11-5-3-9-19(21)20-10-4-6-12-22(20)23/h3-6,9-12,23H,2,7-8,13-18H2,1H3,(H,29,34)(H,32,33). The Kier molecular flexibility index (Phi) is 6.03. The molecule has 7 heteroatoms. The third-order valence-corrected chi connectivity index (χ3v) is 8.06. The predicted molar refractivity (Wildman–Crippen MR) is 131 cm³/mol. The number of hydrogen-bond donors (Lipinski definition) is 2. The molecule has 7 nitrogen and oxygen atoms in total. The van der Waals surface area contributed by atoms with Gasteiger partial charge in [0.25, 0.3) is 0 Å². The first-order valence-electron chi connectivity index (χ1n) is 12.4. The van der Waals surface area contributed by atoms with Crippen molar-refractivity contribution >= 4 is 18.0 Å². The number of carboxylic acids is 1. The van der Waals surface area contributed by atoms with Gasteiger partial charge in [0.1, 0.15) is 6.61 Å². The molecule has 0 radical (unpaired) electrons. The molecule has 5 rings (SSSR count). The lowest BCUT2D eigenvalue weighted by Crippen LogP contribution is -2.64. The van der Waals surface area contributed by atoms with E-state index in [0.29, 0.717) is 12.8 Å². The molecule has 2 aromatic rings. The van der Waals surface area contributed by atoms with Gasteiger partial charge in [0.05, 0.1) is 10.8 Å². The summed E-state index contributed by atoms with van der Waals surface area (Å²) in [6, 6.07) is 16.4. The van der Waals surface area contributed by atoms with Crippen molar-refractivity contribution in [2.75, 3.05) is 26.2 Å². The Morgan fingerprint density at radius 3 is 2.11 bits per heavy atom. The molecule has 35 heavy (non-hydrogen) atoms. The molecule has 1 aliphatic heterocycles. The third kappa shape index (κ3) is 4.17. The predicted octanol–water partition coefficient (Wildman–Crippen LogP) is 4.41. The molecule has 2 fully saturated rings. The van der Waals surface area contributed by atoms with Crippen LogP contribution in [0, 0.1) is 10.8 Å². The quantitative estimate of drug-likeness (QED) is 0.644. The van der Waals surface area contributed by atoms with Gasteiger partial charge in [-0.1, -0.05) is 67.8 Å². The molecule has 0 spiro atoms. The molecule has 2 amide bonds. The van der Waals surface area contributed by atoms with Crippen LogP contribution < -0.4 is 5.32 Å². The second kappa shape index (κ2) is 9.02. The SMILES string of the molecule is CC1(C(=O)O)CN(C(=O)C2(CNC(=O)OCC3c4ccccc4-c4ccccc43)CCCCC2)C1. The van der Waals surface area contributed by atoms with E-state index in [1.54, 1.807) is 11.8 Å². The van der Waals surface area contributed by atoms with Crippen LogP contribution in [0.1, 0.15) is 56.1 Å². The van der Waals surface area contributed by atoms with Crippen molar-refractivity contribution in [3.63, 3.8) is 0 Å². The van der Waals surface area contributed by atoms with Gasteiger partial charge in [-0.2, -0.15) is 0 Å². The summed E-state index contributed by atoms with van der Waals surface area (Å²) in [6.07, 6.45) is 3.76. The fourth-order valence-electron chi connectivity index (χ4n) is 6.00. The number of amides is 2. The maximum absolute atomic E-state index is 13.4. The number of hydrogen-bond acceptors (Lipinski definition) is 4. The Balaban J connectivity index is 1.22. The number of rotatable bonds is 6. The van der Waals surface area contributed by atoms with Crippen LogP contribution in [-0.4, -0.2) is 54.2 Å². The summed E-state index contributed by atoms with van der Waals surface area (Å²) >= 11 is 0. The van der Waals surface area contributed by atoms with Crippen LogP contribution in [0.3, 0.4) is 0 Å². The van der Waals surface area contributed by atoms with Gasteiger partial charge in [-0.25, -0.2) is 4.79 Å².